The van der Waals surface area contributed by atoms with Crippen LogP contribution in [0.5, 0.6) is 0 Å². The molecule has 63 heavy (non-hydrogen) atoms. The summed E-state index contributed by atoms with van der Waals surface area (Å²) in [6.45, 7) is 2.23. The number of hydrogen-bond acceptors (Lipinski definition) is 2. The van der Waals surface area contributed by atoms with Gasteiger partial charge in [-0.2, -0.15) is 0 Å². The molecule has 0 saturated heterocycles. The Bertz CT molecular complexity index is 3230. The van der Waals surface area contributed by atoms with Crippen molar-refractivity contribution < 1.29 is 0 Å². The summed E-state index contributed by atoms with van der Waals surface area (Å²) in [5, 5.41) is 0. The van der Waals surface area contributed by atoms with Gasteiger partial charge in [0.2, 0.25) is 0 Å². The molecule has 1 aliphatic carbocycles. The van der Waals surface area contributed by atoms with Gasteiger partial charge in [-0.25, -0.2) is 0 Å². The standard InChI is InChI=1S/C60H45BN2/c1-2-3-6-19-40-36-49-48-39-44(42-22-9-5-10-23-42)34-35-55(48)63(45-25-17-24-43(38-45)41-20-7-4-8-21-41)61-54-32-18-31-53-59(54)62(57(37-40)58(49)61)56-33-16-15-30-52(56)60(53)50-28-13-11-26-46(50)47-27-12-14-29-51(47)60/h4-5,7-18,20-39H,2-3,6,19H2,1H3. The Labute approximate surface area is 370 Å². The summed E-state index contributed by atoms with van der Waals surface area (Å²) in [5.41, 5.74) is 25.5. The first-order valence-corrected chi connectivity index (χ1v) is 22.8. The molecule has 9 aromatic rings. The lowest BCUT2D eigenvalue weighted by atomic mass is 9.42. The molecular weight excluding hydrogens is 759 g/mol. The lowest BCUT2D eigenvalue weighted by Crippen LogP contribution is -2.62. The number of para-hydroxylation sites is 2. The maximum atomic E-state index is 2.68. The highest BCUT2D eigenvalue weighted by Gasteiger charge is 2.55. The fourth-order valence-electron chi connectivity index (χ4n) is 11.9. The lowest BCUT2D eigenvalue weighted by Gasteiger charge is -2.51. The second-order valence-corrected chi connectivity index (χ2v) is 17.8. The zero-order valence-corrected chi connectivity index (χ0v) is 35.4. The molecule has 2 nitrogen and oxygen atoms in total. The molecule has 0 aromatic heterocycles. The molecule has 0 unspecified atom stereocenters. The first kappa shape index (κ1) is 36.3. The van der Waals surface area contributed by atoms with E-state index in [2.05, 4.69) is 223 Å². The van der Waals surface area contributed by atoms with E-state index < -0.39 is 5.41 Å². The van der Waals surface area contributed by atoms with Gasteiger partial charge >= 0.3 is 6.85 Å². The summed E-state index contributed by atoms with van der Waals surface area (Å²) in [5.74, 6) is 0. The van der Waals surface area contributed by atoms with E-state index in [0.717, 1.165) is 6.42 Å². The van der Waals surface area contributed by atoms with Gasteiger partial charge in [-0.1, -0.05) is 190 Å². The van der Waals surface area contributed by atoms with Crippen LogP contribution in [-0.2, 0) is 11.8 Å². The van der Waals surface area contributed by atoms with E-state index in [1.54, 1.807) is 0 Å². The summed E-state index contributed by atoms with van der Waals surface area (Å²) in [6, 6.07) is 78.2. The van der Waals surface area contributed by atoms with Crippen molar-refractivity contribution in [2.24, 2.45) is 0 Å². The van der Waals surface area contributed by atoms with Gasteiger partial charge in [-0.3, -0.25) is 0 Å². The molecule has 13 rings (SSSR count). The van der Waals surface area contributed by atoms with Crippen molar-refractivity contribution in [2.75, 3.05) is 9.71 Å². The minimum absolute atomic E-state index is 0.0822. The van der Waals surface area contributed by atoms with E-state index in [0.29, 0.717) is 0 Å². The summed E-state index contributed by atoms with van der Waals surface area (Å²) in [4.78, 5) is 5.36. The van der Waals surface area contributed by atoms with Gasteiger partial charge in [0.05, 0.1) is 11.1 Å². The molecule has 3 heterocycles. The minimum atomic E-state index is -0.486. The van der Waals surface area contributed by atoms with Crippen molar-refractivity contribution >= 4 is 46.2 Å². The highest BCUT2D eigenvalue weighted by molar-refractivity contribution is 6.93. The van der Waals surface area contributed by atoms with E-state index in [9.17, 15) is 0 Å². The minimum Gasteiger partial charge on any atom is -0.376 e. The van der Waals surface area contributed by atoms with E-state index in [-0.39, 0.29) is 6.85 Å². The number of rotatable bonds is 7. The average Bonchev–Trinajstić information content (AvgIpc) is 3.64. The first-order chi connectivity index (χ1) is 31.2. The van der Waals surface area contributed by atoms with Crippen molar-refractivity contribution in [3.8, 4) is 44.5 Å². The first-order valence-electron chi connectivity index (χ1n) is 22.8. The molecule has 1 spiro atoms. The second kappa shape index (κ2) is 14.1. The maximum absolute atomic E-state index is 2.68. The molecule has 0 amide bonds. The summed E-state index contributed by atoms with van der Waals surface area (Å²) in [6.07, 6.45) is 4.63. The fourth-order valence-corrected chi connectivity index (χ4v) is 11.9. The van der Waals surface area contributed by atoms with Crippen LogP contribution in [-0.4, -0.2) is 6.85 Å². The SMILES string of the molecule is CCCCCc1cc2c3c(c1)N1c4ccccc4C4(c5ccccc5-c5ccccc54)c4cccc(c41)B3N(c1cccc(-c3ccccc3)c1)c1ccc(-c3ccccc3)cc1-2. The van der Waals surface area contributed by atoms with Crippen molar-refractivity contribution in [1.29, 1.82) is 0 Å². The van der Waals surface area contributed by atoms with Crippen LogP contribution in [0.4, 0.5) is 28.4 Å². The summed E-state index contributed by atoms with van der Waals surface area (Å²) in [7, 11) is 0. The van der Waals surface area contributed by atoms with Gasteiger partial charge in [0.15, 0.2) is 0 Å². The van der Waals surface area contributed by atoms with Gasteiger partial charge in [0.25, 0.3) is 0 Å². The lowest BCUT2D eigenvalue weighted by molar-refractivity contribution is 0.717. The maximum Gasteiger partial charge on any atom is 0.333 e. The third-order valence-corrected chi connectivity index (χ3v) is 14.4. The van der Waals surface area contributed by atoms with Crippen LogP contribution in [0.15, 0.2) is 206 Å². The molecule has 3 heteroatoms. The largest absolute Gasteiger partial charge is 0.376 e. The summed E-state index contributed by atoms with van der Waals surface area (Å²) < 4.78 is 0. The zero-order valence-electron chi connectivity index (χ0n) is 35.4. The third-order valence-electron chi connectivity index (χ3n) is 14.4. The Morgan fingerprint density at radius 3 is 1.78 bits per heavy atom. The number of unbranched alkanes of at least 4 members (excludes halogenated alkanes) is 2. The van der Waals surface area contributed by atoms with E-state index in [1.165, 1.54) is 131 Å². The van der Waals surface area contributed by atoms with Gasteiger partial charge in [-0.15, -0.1) is 0 Å². The summed E-state index contributed by atoms with van der Waals surface area (Å²) >= 11 is 0. The van der Waals surface area contributed by atoms with E-state index in [4.69, 9.17) is 0 Å². The number of hydrogen-bond donors (Lipinski definition) is 0. The quantitative estimate of drug-likeness (QED) is 0.117. The molecular formula is C60H45BN2. The highest BCUT2D eigenvalue weighted by Crippen LogP contribution is 2.64. The van der Waals surface area contributed by atoms with Crippen LogP contribution in [0.3, 0.4) is 0 Å². The molecule has 0 radical (unpaired) electrons. The van der Waals surface area contributed by atoms with Gasteiger partial charge < -0.3 is 9.71 Å². The second-order valence-electron chi connectivity index (χ2n) is 17.8. The van der Waals surface area contributed by atoms with Crippen molar-refractivity contribution in [3.05, 3.63) is 234 Å². The normalized spacial score (nSPS) is 14.1. The van der Waals surface area contributed by atoms with E-state index in [1.807, 2.05) is 0 Å². The number of nitrogens with zero attached hydrogens (tertiary/aromatic N) is 2. The Balaban J connectivity index is 1.15. The molecule has 0 fully saturated rings. The zero-order chi connectivity index (χ0) is 41.6. The number of fused-ring (bicyclic) bond motifs is 13. The van der Waals surface area contributed by atoms with Gasteiger partial charge in [0.1, 0.15) is 0 Å². The smallest absolute Gasteiger partial charge is 0.333 e. The molecule has 0 N–H and O–H groups in total. The van der Waals surface area contributed by atoms with Crippen LogP contribution in [0.2, 0.25) is 0 Å². The average molecular weight is 805 g/mol. The van der Waals surface area contributed by atoms with Crippen LogP contribution >= 0.6 is 0 Å². The van der Waals surface area contributed by atoms with Crippen LogP contribution < -0.4 is 20.6 Å². The molecule has 4 aliphatic rings. The van der Waals surface area contributed by atoms with Crippen molar-refractivity contribution in [2.45, 2.75) is 38.0 Å². The predicted octanol–water partition coefficient (Wildman–Crippen LogP) is 14.1. The molecule has 0 atom stereocenters. The van der Waals surface area contributed by atoms with Crippen LogP contribution in [0.25, 0.3) is 44.5 Å². The van der Waals surface area contributed by atoms with Crippen molar-refractivity contribution in [1.82, 2.24) is 0 Å². The Morgan fingerprint density at radius 2 is 1.05 bits per heavy atom. The third kappa shape index (κ3) is 5.14. The Hall–Kier alpha value is -7.36. The molecule has 0 bridgehead atoms. The topological polar surface area (TPSA) is 6.48 Å². The van der Waals surface area contributed by atoms with Crippen molar-refractivity contribution in [3.63, 3.8) is 0 Å². The fraction of sp³-hybridized carbons (Fsp3) is 0.100. The van der Waals surface area contributed by atoms with Gasteiger partial charge in [-0.05, 0) is 127 Å². The van der Waals surface area contributed by atoms with E-state index >= 15 is 0 Å². The Kier molecular flexibility index (Phi) is 8.12. The highest BCUT2D eigenvalue weighted by atomic mass is 15.2. The number of benzene rings is 9. The molecule has 298 valence electrons. The molecule has 3 aliphatic heterocycles. The Morgan fingerprint density at radius 1 is 0.429 bits per heavy atom. The number of anilines is 5. The van der Waals surface area contributed by atoms with Crippen LogP contribution in [0.1, 0.15) is 54.0 Å². The predicted molar refractivity (Wildman–Crippen MR) is 265 cm³/mol. The molecule has 0 saturated carbocycles. The molecule has 9 aromatic carbocycles. The number of aryl methyl sites for hydroxylation is 1. The van der Waals surface area contributed by atoms with Crippen LogP contribution in [0, 0.1) is 0 Å². The monoisotopic (exact) mass is 804 g/mol. The van der Waals surface area contributed by atoms with Gasteiger partial charge in [0, 0.05) is 28.3 Å².